The molecular weight excluding hydrogens is 388 g/mol. The van der Waals surface area contributed by atoms with Gasteiger partial charge in [0, 0.05) is 43.1 Å². The van der Waals surface area contributed by atoms with E-state index in [0.717, 1.165) is 19.0 Å². The van der Waals surface area contributed by atoms with Crippen LogP contribution in [0.25, 0.3) is 0 Å². The average Bonchev–Trinajstić information content (AvgIpc) is 3.24. The van der Waals surface area contributed by atoms with Gasteiger partial charge in [-0.1, -0.05) is 0 Å². The van der Waals surface area contributed by atoms with E-state index in [1.807, 2.05) is 4.90 Å². The van der Waals surface area contributed by atoms with E-state index in [1.54, 1.807) is 54.9 Å². The number of pyridine rings is 1. The third-order valence-corrected chi connectivity index (χ3v) is 5.09. The zero-order chi connectivity index (χ0) is 20.9. The number of carbonyl (C=O) groups excluding carboxylic acids is 1. The summed E-state index contributed by atoms with van der Waals surface area (Å²) in [4.78, 5) is 18.4. The molecule has 1 unspecified atom stereocenters. The van der Waals surface area contributed by atoms with Crippen molar-refractivity contribution >= 4 is 11.6 Å². The van der Waals surface area contributed by atoms with Gasteiger partial charge < -0.3 is 15.0 Å². The van der Waals surface area contributed by atoms with Gasteiger partial charge in [0.25, 0.3) is 5.91 Å². The maximum atomic E-state index is 13.5. The third-order valence-electron chi connectivity index (χ3n) is 5.09. The molecule has 1 N–H and O–H groups in total. The largest absolute Gasteiger partial charge is 0.456 e. The lowest BCUT2D eigenvalue weighted by atomic mass is 10.1. The smallest absolute Gasteiger partial charge is 0.251 e. The Kier molecular flexibility index (Phi) is 5.88. The summed E-state index contributed by atoms with van der Waals surface area (Å²) in [6.45, 7) is 1.95. The van der Waals surface area contributed by atoms with Crippen molar-refractivity contribution in [3.05, 3.63) is 84.2 Å². The van der Waals surface area contributed by atoms with Gasteiger partial charge in [0.15, 0.2) is 11.6 Å². The van der Waals surface area contributed by atoms with Gasteiger partial charge in [0.05, 0.1) is 6.20 Å². The Labute approximate surface area is 173 Å². The first-order valence-electron chi connectivity index (χ1n) is 9.74. The molecule has 7 heteroatoms. The Balaban J connectivity index is 1.28. The molecule has 30 heavy (non-hydrogen) atoms. The van der Waals surface area contributed by atoms with Gasteiger partial charge in [-0.2, -0.15) is 0 Å². The first kappa shape index (κ1) is 19.8. The van der Waals surface area contributed by atoms with Crippen LogP contribution < -0.4 is 15.0 Å². The summed E-state index contributed by atoms with van der Waals surface area (Å²) in [6, 6.07) is 14.4. The van der Waals surface area contributed by atoms with Crippen LogP contribution >= 0.6 is 0 Å². The fourth-order valence-electron chi connectivity index (χ4n) is 3.47. The highest BCUT2D eigenvalue weighted by Gasteiger charge is 2.24. The SMILES string of the molecule is O=C(NCC1CCN(c2ccc(F)c(F)c2)C1)c1ccc(Oc2cccnc2)cc1. The molecule has 1 aliphatic rings. The van der Waals surface area contributed by atoms with E-state index < -0.39 is 11.6 Å². The number of amides is 1. The highest BCUT2D eigenvalue weighted by atomic mass is 19.2. The van der Waals surface area contributed by atoms with Crippen LogP contribution in [0.3, 0.4) is 0 Å². The minimum Gasteiger partial charge on any atom is -0.456 e. The Morgan fingerprint density at radius 1 is 1.10 bits per heavy atom. The monoisotopic (exact) mass is 409 g/mol. The van der Waals surface area contributed by atoms with Gasteiger partial charge in [0.2, 0.25) is 0 Å². The first-order chi connectivity index (χ1) is 14.6. The second-order valence-corrected chi connectivity index (χ2v) is 7.22. The second-order valence-electron chi connectivity index (χ2n) is 7.22. The number of halogens is 2. The molecule has 1 amide bonds. The molecule has 3 aromatic rings. The van der Waals surface area contributed by atoms with Gasteiger partial charge in [-0.3, -0.25) is 9.78 Å². The molecule has 1 aliphatic heterocycles. The quantitative estimate of drug-likeness (QED) is 0.655. The number of nitrogens with zero attached hydrogens (tertiary/aromatic N) is 2. The van der Waals surface area contributed by atoms with E-state index in [2.05, 4.69) is 10.3 Å². The molecule has 1 fully saturated rings. The molecule has 154 valence electrons. The van der Waals surface area contributed by atoms with Crippen molar-refractivity contribution in [1.82, 2.24) is 10.3 Å². The highest BCUT2D eigenvalue weighted by Crippen LogP contribution is 2.25. The van der Waals surface area contributed by atoms with Gasteiger partial charge in [0.1, 0.15) is 11.5 Å². The molecule has 1 aromatic heterocycles. The Morgan fingerprint density at radius 2 is 1.93 bits per heavy atom. The fourth-order valence-corrected chi connectivity index (χ4v) is 3.47. The zero-order valence-electron chi connectivity index (χ0n) is 16.2. The van der Waals surface area contributed by atoms with E-state index in [0.29, 0.717) is 35.8 Å². The molecule has 0 aliphatic carbocycles. The Hall–Kier alpha value is -3.48. The number of rotatable bonds is 6. The van der Waals surface area contributed by atoms with Crippen molar-refractivity contribution in [1.29, 1.82) is 0 Å². The van der Waals surface area contributed by atoms with Crippen molar-refractivity contribution in [2.45, 2.75) is 6.42 Å². The second kappa shape index (κ2) is 8.90. The molecule has 0 radical (unpaired) electrons. The van der Waals surface area contributed by atoms with Crippen LogP contribution in [0.4, 0.5) is 14.5 Å². The molecule has 1 saturated heterocycles. The Morgan fingerprint density at radius 3 is 2.67 bits per heavy atom. The molecule has 2 heterocycles. The van der Waals surface area contributed by atoms with Crippen molar-refractivity contribution in [2.75, 3.05) is 24.5 Å². The maximum absolute atomic E-state index is 13.5. The van der Waals surface area contributed by atoms with E-state index >= 15 is 0 Å². The molecule has 1 atom stereocenters. The average molecular weight is 409 g/mol. The third kappa shape index (κ3) is 4.74. The van der Waals surface area contributed by atoms with Crippen molar-refractivity contribution in [2.24, 2.45) is 5.92 Å². The lowest BCUT2D eigenvalue weighted by Crippen LogP contribution is -2.31. The number of hydrogen-bond acceptors (Lipinski definition) is 4. The van der Waals surface area contributed by atoms with E-state index in [-0.39, 0.29) is 11.8 Å². The molecule has 4 rings (SSSR count). The number of ether oxygens (including phenoxy) is 1. The fraction of sp³-hybridized carbons (Fsp3) is 0.217. The molecule has 2 aromatic carbocycles. The summed E-state index contributed by atoms with van der Waals surface area (Å²) in [7, 11) is 0. The van der Waals surface area contributed by atoms with Crippen LogP contribution in [0.1, 0.15) is 16.8 Å². The normalized spacial score (nSPS) is 15.8. The standard InChI is InChI=1S/C23H21F2N3O2/c24-21-8-5-18(12-22(21)25)28-11-9-16(15-28)13-27-23(29)17-3-6-19(7-4-17)30-20-2-1-10-26-14-20/h1-8,10,12,14,16H,9,11,13,15H2,(H,27,29). The van der Waals surface area contributed by atoms with E-state index in [9.17, 15) is 13.6 Å². The number of hydrogen-bond donors (Lipinski definition) is 1. The Bertz CT molecular complexity index is 1010. The molecule has 0 bridgehead atoms. The lowest BCUT2D eigenvalue weighted by molar-refractivity contribution is 0.0948. The van der Waals surface area contributed by atoms with Crippen molar-refractivity contribution in [3.63, 3.8) is 0 Å². The maximum Gasteiger partial charge on any atom is 0.251 e. The molecule has 0 saturated carbocycles. The molecule has 5 nitrogen and oxygen atoms in total. The van der Waals surface area contributed by atoms with E-state index in [1.165, 1.54) is 6.07 Å². The predicted molar refractivity (Wildman–Crippen MR) is 110 cm³/mol. The lowest BCUT2D eigenvalue weighted by Gasteiger charge is -2.19. The van der Waals surface area contributed by atoms with Gasteiger partial charge in [-0.25, -0.2) is 8.78 Å². The number of benzene rings is 2. The van der Waals surface area contributed by atoms with Gasteiger partial charge in [-0.05, 0) is 60.9 Å². The number of carbonyl (C=O) groups is 1. The van der Waals surface area contributed by atoms with E-state index in [4.69, 9.17) is 4.74 Å². The summed E-state index contributed by atoms with van der Waals surface area (Å²) >= 11 is 0. The summed E-state index contributed by atoms with van der Waals surface area (Å²) in [5, 5.41) is 2.95. The minimum atomic E-state index is -0.849. The topological polar surface area (TPSA) is 54.5 Å². The van der Waals surface area contributed by atoms with Crippen LogP contribution in [0, 0.1) is 17.6 Å². The summed E-state index contributed by atoms with van der Waals surface area (Å²) in [5.41, 5.74) is 1.20. The van der Waals surface area contributed by atoms with Gasteiger partial charge >= 0.3 is 0 Å². The molecule has 0 spiro atoms. The molecular formula is C23H21F2N3O2. The van der Waals surface area contributed by atoms with Crippen LogP contribution in [-0.2, 0) is 0 Å². The summed E-state index contributed by atoms with van der Waals surface area (Å²) in [6.07, 6.45) is 4.16. The summed E-state index contributed by atoms with van der Waals surface area (Å²) in [5.74, 6) is -0.359. The predicted octanol–water partition coefficient (Wildman–Crippen LogP) is 4.41. The summed E-state index contributed by atoms with van der Waals surface area (Å²) < 4.78 is 32.2. The number of aromatic nitrogens is 1. The van der Waals surface area contributed by atoms with Crippen molar-refractivity contribution < 1.29 is 18.3 Å². The van der Waals surface area contributed by atoms with Crippen LogP contribution in [0.2, 0.25) is 0 Å². The first-order valence-corrected chi connectivity index (χ1v) is 9.74. The van der Waals surface area contributed by atoms with Gasteiger partial charge in [-0.15, -0.1) is 0 Å². The highest BCUT2D eigenvalue weighted by molar-refractivity contribution is 5.94. The van der Waals surface area contributed by atoms with Crippen LogP contribution in [0.5, 0.6) is 11.5 Å². The number of anilines is 1. The number of nitrogens with one attached hydrogen (secondary N) is 1. The van der Waals surface area contributed by atoms with Crippen LogP contribution in [-0.4, -0.2) is 30.5 Å². The zero-order valence-corrected chi connectivity index (χ0v) is 16.2. The van der Waals surface area contributed by atoms with Crippen molar-refractivity contribution in [3.8, 4) is 11.5 Å². The van der Waals surface area contributed by atoms with Crippen LogP contribution in [0.15, 0.2) is 67.0 Å². The minimum absolute atomic E-state index is 0.158.